The maximum absolute atomic E-state index is 12.4. The first kappa shape index (κ1) is 19.9. The molecule has 0 aliphatic carbocycles. The molecule has 9 heteroatoms. The molecule has 1 aromatic rings. The van der Waals surface area contributed by atoms with Gasteiger partial charge in [0.1, 0.15) is 17.3 Å². The number of nitrogens with one attached hydrogen (secondary N) is 4. The van der Waals surface area contributed by atoms with E-state index in [2.05, 4.69) is 25.9 Å². The summed E-state index contributed by atoms with van der Waals surface area (Å²) in [6.07, 6.45) is 2.94. The Hall–Kier alpha value is -2.42. The molecule has 0 bridgehead atoms. The molecule has 1 aliphatic rings. The van der Waals surface area contributed by atoms with Gasteiger partial charge in [-0.3, -0.25) is 9.59 Å². The molecule has 0 aromatic carbocycles. The summed E-state index contributed by atoms with van der Waals surface area (Å²) in [6.45, 7) is 8.44. The summed E-state index contributed by atoms with van der Waals surface area (Å²) in [7, 11) is 0. The van der Waals surface area contributed by atoms with E-state index >= 15 is 0 Å². The van der Waals surface area contributed by atoms with Crippen LogP contribution in [0.5, 0.6) is 0 Å². The highest BCUT2D eigenvalue weighted by Gasteiger charge is 2.27. The molecular weight excluding hydrogens is 338 g/mol. The number of esters is 1. The summed E-state index contributed by atoms with van der Waals surface area (Å²) < 4.78 is 5.23. The molecule has 1 aliphatic heterocycles. The van der Waals surface area contributed by atoms with Gasteiger partial charge < -0.3 is 25.7 Å². The lowest BCUT2D eigenvalue weighted by atomic mass is 10.1. The predicted molar refractivity (Wildman–Crippen MR) is 94.7 cm³/mol. The number of piperidine rings is 1. The molecule has 0 radical (unpaired) electrons. The third-order valence-electron chi connectivity index (χ3n) is 3.86. The van der Waals surface area contributed by atoms with Gasteiger partial charge in [0.2, 0.25) is 0 Å². The standard InChI is InChI=1S/C17H27N5O4/c1-10(16(25)26-17(2,3)4)21-14(23)12-13(20-9-19-12)15(24)22-11-5-7-18-8-6-11/h9-11,18H,5-8H2,1-4H3,(H,19,20)(H,21,23)(H,22,24)/t10-/m0/s1. The molecule has 1 atom stereocenters. The third-order valence-corrected chi connectivity index (χ3v) is 3.86. The topological polar surface area (TPSA) is 125 Å². The predicted octanol–water partition coefficient (Wildman–Crippen LogP) is 0.352. The van der Waals surface area contributed by atoms with E-state index in [0.29, 0.717) is 0 Å². The van der Waals surface area contributed by atoms with Crippen molar-refractivity contribution in [2.24, 2.45) is 0 Å². The number of hydrogen-bond acceptors (Lipinski definition) is 6. The van der Waals surface area contributed by atoms with Crippen LogP contribution in [0, 0.1) is 0 Å². The highest BCUT2D eigenvalue weighted by atomic mass is 16.6. The van der Waals surface area contributed by atoms with E-state index in [4.69, 9.17) is 4.74 Å². The summed E-state index contributed by atoms with van der Waals surface area (Å²) in [6, 6.07) is -0.803. The lowest BCUT2D eigenvalue weighted by Gasteiger charge is -2.23. The SMILES string of the molecule is C[C@H](NC(=O)c1nc[nH]c1C(=O)NC1CCNCC1)C(=O)OC(C)(C)C. The maximum atomic E-state index is 12.4. The van der Waals surface area contributed by atoms with E-state index in [1.807, 2.05) is 0 Å². The zero-order chi connectivity index (χ0) is 19.3. The fourth-order valence-electron chi connectivity index (χ4n) is 2.58. The number of aromatic nitrogens is 2. The summed E-state index contributed by atoms with van der Waals surface area (Å²) in [4.78, 5) is 43.5. The number of hydrogen-bond donors (Lipinski definition) is 4. The van der Waals surface area contributed by atoms with Crippen LogP contribution in [0.4, 0.5) is 0 Å². The Bertz CT molecular complexity index is 658. The molecule has 2 heterocycles. The van der Waals surface area contributed by atoms with Gasteiger partial charge in [-0.2, -0.15) is 0 Å². The second-order valence-electron chi connectivity index (χ2n) is 7.35. The van der Waals surface area contributed by atoms with Crippen LogP contribution in [0.3, 0.4) is 0 Å². The minimum Gasteiger partial charge on any atom is -0.458 e. The summed E-state index contributed by atoms with van der Waals surface area (Å²) in [5.41, 5.74) is -0.619. The summed E-state index contributed by atoms with van der Waals surface area (Å²) in [5.74, 6) is -1.55. The number of ether oxygens (including phenoxy) is 1. The quantitative estimate of drug-likeness (QED) is 0.558. The number of H-pyrrole nitrogens is 1. The van der Waals surface area contributed by atoms with E-state index in [1.165, 1.54) is 13.3 Å². The van der Waals surface area contributed by atoms with Crippen molar-refractivity contribution in [2.45, 2.75) is 58.2 Å². The molecule has 0 saturated carbocycles. The van der Waals surface area contributed by atoms with Crippen molar-refractivity contribution in [3.8, 4) is 0 Å². The highest BCUT2D eigenvalue weighted by Crippen LogP contribution is 2.10. The first-order valence-electron chi connectivity index (χ1n) is 8.76. The number of nitrogens with zero attached hydrogens (tertiary/aromatic N) is 1. The van der Waals surface area contributed by atoms with Crippen LogP contribution >= 0.6 is 0 Å². The second-order valence-corrected chi connectivity index (χ2v) is 7.35. The number of imidazole rings is 1. The van der Waals surface area contributed by atoms with Crippen molar-refractivity contribution >= 4 is 17.8 Å². The Morgan fingerprint density at radius 2 is 1.88 bits per heavy atom. The van der Waals surface area contributed by atoms with Gasteiger partial charge in [0, 0.05) is 6.04 Å². The number of rotatable bonds is 5. The van der Waals surface area contributed by atoms with E-state index in [9.17, 15) is 14.4 Å². The van der Waals surface area contributed by atoms with Crippen molar-refractivity contribution in [3.05, 3.63) is 17.7 Å². The van der Waals surface area contributed by atoms with E-state index in [0.717, 1.165) is 25.9 Å². The molecule has 9 nitrogen and oxygen atoms in total. The number of carbonyl (C=O) groups is 3. The van der Waals surface area contributed by atoms with Gasteiger partial charge in [-0.25, -0.2) is 9.78 Å². The van der Waals surface area contributed by atoms with Crippen molar-refractivity contribution in [2.75, 3.05) is 13.1 Å². The Labute approximate surface area is 152 Å². The monoisotopic (exact) mass is 365 g/mol. The third kappa shape index (κ3) is 5.55. The Kier molecular flexibility index (Phi) is 6.36. The van der Waals surface area contributed by atoms with Crippen molar-refractivity contribution in [3.63, 3.8) is 0 Å². The number of amides is 2. The number of carbonyl (C=O) groups excluding carboxylic acids is 3. The lowest BCUT2D eigenvalue weighted by Crippen LogP contribution is -2.44. The molecule has 1 aromatic heterocycles. The van der Waals surface area contributed by atoms with Crippen LogP contribution < -0.4 is 16.0 Å². The fourth-order valence-corrected chi connectivity index (χ4v) is 2.58. The van der Waals surface area contributed by atoms with Crippen LogP contribution in [-0.4, -0.2) is 58.5 Å². The summed E-state index contributed by atoms with van der Waals surface area (Å²) >= 11 is 0. The molecule has 4 N–H and O–H groups in total. The van der Waals surface area contributed by atoms with Gasteiger partial charge in [0.25, 0.3) is 11.8 Å². The van der Waals surface area contributed by atoms with Gasteiger partial charge in [0.05, 0.1) is 6.33 Å². The molecule has 1 saturated heterocycles. The van der Waals surface area contributed by atoms with Crippen molar-refractivity contribution in [1.29, 1.82) is 0 Å². The molecule has 2 amide bonds. The molecule has 144 valence electrons. The Morgan fingerprint density at radius 1 is 1.23 bits per heavy atom. The van der Waals surface area contributed by atoms with Crippen molar-refractivity contribution in [1.82, 2.24) is 25.9 Å². The van der Waals surface area contributed by atoms with Crippen LogP contribution in [0.1, 0.15) is 61.5 Å². The van der Waals surface area contributed by atoms with Crippen LogP contribution in [-0.2, 0) is 9.53 Å². The molecule has 0 unspecified atom stereocenters. The van der Waals surface area contributed by atoms with Crippen molar-refractivity contribution < 1.29 is 19.1 Å². The van der Waals surface area contributed by atoms with E-state index in [-0.39, 0.29) is 23.3 Å². The smallest absolute Gasteiger partial charge is 0.328 e. The Balaban J connectivity index is 1.98. The second kappa shape index (κ2) is 8.31. The normalized spacial score (nSPS) is 16.6. The summed E-state index contributed by atoms with van der Waals surface area (Å²) in [5, 5.41) is 8.64. The van der Waals surface area contributed by atoms with Crippen LogP contribution in [0.2, 0.25) is 0 Å². The maximum Gasteiger partial charge on any atom is 0.328 e. The molecular formula is C17H27N5O4. The minimum absolute atomic E-state index is 0.0492. The highest BCUT2D eigenvalue weighted by molar-refractivity contribution is 6.05. The van der Waals surface area contributed by atoms with Gasteiger partial charge in [-0.15, -0.1) is 0 Å². The Morgan fingerprint density at radius 3 is 2.50 bits per heavy atom. The van der Waals surface area contributed by atoms with Gasteiger partial charge in [-0.05, 0) is 53.6 Å². The zero-order valence-electron chi connectivity index (χ0n) is 15.6. The molecule has 2 rings (SSSR count). The van der Waals surface area contributed by atoms with E-state index in [1.54, 1.807) is 20.8 Å². The zero-order valence-corrected chi connectivity index (χ0v) is 15.6. The molecule has 0 spiro atoms. The van der Waals surface area contributed by atoms with E-state index < -0.39 is 23.5 Å². The van der Waals surface area contributed by atoms with Gasteiger partial charge in [-0.1, -0.05) is 0 Å². The average Bonchev–Trinajstić information content (AvgIpc) is 3.04. The largest absolute Gasteiger partial charge is 0.458 e. The first-order chi connectivity index (χ1) is 12.2. The average molecular weight is 365 g/mol. The van der Waals surface area contributed by atoms with Gasteiger partial charge >= 0.3 is 5.97 Å². The molecule has 1 fully saturated rings. The fraction of sp³-hybridized carbons (Fsp3) is 0.647. The van der Waals surface area contributed by atoms with Gasteiger partial charge in [0.15, 0.2) is 5.69 Å². The van der Waals surface area contributed by atoms with Crippen LogP contribution in [0.25, 0.3) is 0 Å². The van der Waals surface area contributed by atoms with Crippen LogP contribution in [0.15, 0.2) is 6.33 Å². The minimum atomic E-state index is -0.862. The molecule has 26 heavy (non-hydrogen) atoms. The lowest BCUT2D eigenvalue weighted by molar-refractivity contribution is -0.156. The first-order valence-corrected chi connectivity index (χ1v) is 8.76. The number of aromatic amines is 1.